The zero-order valence-corrected chi connectivity index (χ0v) is 13.2. The Hall–Kier alpha value is -2.67. The van der Waals surface area contributed by atoms with Crippen molar-refractivity contribution in [3.63, 3.8) is 0 Å². The van der Waals surface area contributed by atoms with Gasteiger partial charge in [-0.25, -0.2) is 4.98 Å². The number of nitrogens with zero attached hydrogens (tertiary/aromatic N) is 1. The number of hydrogen-bond donors (Lipinski definition) is 3. The summed E-state index contributed by atoms with van der Waals surface area (Å²) in [6.07, 6.45) is 3.97. The number of aliphatic hydroxyl groups excluding tert-OH is 1. The van der Waals surface area contributed by atoms with Gasteiger partial charge in [0.2, 0.25) is 5.88 Å². The van der Waals surface area contributed by atoms with Crippen molar-refractivity contribution in [2.24, 2.45) is 5.92 Å². The van der Waals surface area contributed by atoms with E-state index in [1.807, 2.05) is 6.07 Å². The minimum Gasteiger partial charge on any atom is -0.481 e. The lowest BCUT2D eigenvalue weighted by atomic mass is 9.75. The van der Waals surface area contributed by atoms with Crippen LogP contribution in [0.3, 0.4) is 0 Å². The molecule has 24 heavy (non-hydrogen) atoms. The molecule has 0 aliphatic heterocycles. The first-order valence-electron chi connectivity index (χ1n) is 7.75. The molecule has 1 aliphatic carbocycles. The zero-order valence-electron chi connectivity index (χ0n) is 13.2. The Bertz CT molecular complexity index is 766. The summed E-state index contributed by atoms with van der Waals surface area (Å²) in [5, 5.41) is 12.5. The quantitative estimate of drug-likeness (QED) is 0.760. The number of amides is 1. The number of aromatic amines is 1. The highest BCUT2D eigenvalue weighted by molar-refractivity contribution is 5.94. The number of aromatic nitrogens is 2. The smallest absolute Gasteiger partial charge is 0.260 e. The Balaban J connectivity index is 1.83. The van der Waals surface area contributed by atoms with Gasteiger partial charge in [0.05, 0.1) is 19.3 Å². The molecule has 1 saturated carbocycles. The van der Waals surface area contributed by atoms with Crippen LogP contribution in [-0.4, -0.2) is 34.2 Å². The fourth-order valence-corrected chi connectivity index (χ4v) is 2.89. The Morgan fingerprint density at radius 1 is 1.42 bits per heavy atom. The van der Waals surface area contributed by atoms with Gasteiger partial charge in [0.15, 0.2) is 0 Å². The highest BCUT2D eigenvalue weighted by Gasteiger charge is 2.36. The van der Waals surface area contributed by atoms with Gasteiger partial charge in [0, 0.05) is 18.5 Å². The number of pyridine rings is 2. The van der Waals surface area contributed by atoms with Crippen molar-refractivity contribution in [1.82, 2.24) is 15.3 Å². The van der Waals surface area contributed by atoms with Crippen molar-refractivity contribution in [1.29, 1.82) is 0 Å². The van der Waals surface area contributed by atoms with Crippen LogP contribution in [0.15, 0.2) is 41.5 Å². The van der Waals surface area contributed by atoms with E-state index in [9.17, 15) is 14.7 Å². The third kappa shape index (κ3) is 3.30. The van der Waals surface area contributed by atoms with Gasteiger partial charge >= 0.3 is 0 Å². The molecule has 2 aromatic rings. The van der Waals surface area contributed by atoms with Gasteiger partial charge in [0.25, 0.3) is 11.5 Å². The zero-order chi connectivity index (χ0) is 17.1. The van der Waals surface area contributed by atoms with Crippen LogP contribution in [0.1, 0.15) is 34.8 Å². The van der Waals surface area contributed by atoms with Gasteiger partial charge in [-0.2, -0.15) is 0 Å². The lowest BCUT2D eigenvalue weighted by molar-refractivity contribution is 0.0234. The molecule has 2 aromatic heterocycles. The topological polar surface area (TPSA) is 104 Å². The van der Waals surface area contributed by atoms with E-state index in [2.05, 4.69) is 15.3 Å². The molecule has 0 radical (unpaired) electrons. The molecule has 1 fully saturated rings. The predicted octanol–water partition coefficient (Wildman–Crippen LogP) is 1.02. The molecule has 3 N–H and O–H groups in total. The van der Waals surface area contributed by atoms with Crippen molar-refractivity contribution in [2.75, 3.05) is 7.11 Å². The van der Waals surface area contributed by atoms with E-state index in [0.717, 1.165) is 5.56 Å². The van der Waals surface area contributed by atoms with Gasteiger partial charge in [-0.1, -0.05) is 6.07 Å². The molecule has 1 aliphatic rings. The number of rotatable bonds is 5. The summed E-state index contributed by atoms with van der Waals surface area (Å²) in [7, 11) is 1.53. The molecule has 0 spiro atoms. The average molecular weight is 329 g/mol. The molecule has 2 heterocycles. The van der Waals surface area contributed by atoms with E-state index in [1.165, 1.54) is 19.4 Å². The molecule has 1 unspecified atom stereocenters. The summed E-state index contributed by atoms with van der Waals surface area (Å²) >= 11 is 0. The molecular formula is C17H19N3O4. The van der Waals surface area contributed by atoms with Crippen LogP contribution in [-0.2, 0) is 0 Å². The fraction of sp³-hybridized carbons (Fsp3) is 0.353. The minimum absolute atomic E-state index is 0.0591. The largest absolute Gasteiger partial charge is 0.481 e. The molecule has 7 heteroatoms. The first-order valence-corrected chi connectivity index (χ1v) is 7.75. The van der Waals surface area contributed by atoms with E-state index >= 15 is 0 Å². The molecule has 0 bridgehead atoms. The molecular weight excluding hydrogens is 310 g/mol. The highest BCUT2D eigenvalue weighted by Crippen LogP contribution is 2.38. The Morgan fingerprint density at radius 3 is 2.79 bits per heavy atom. The summed E-state index contributed by atoms with van der Waals surface area (Å²) in [6, 6.07) is 6.31. The number of hydrogen-bond acceptors (Lipinski definition) is 5. The molecule has 0 saturated heterocycles. The maximum atomic E-state index is 12.5. The third-order valence-corrected chi connectivity index (χ3v) is 4.30. The van der Waals surface area contributed by atoms with Crippen molar-refractivity contribution in [3.05, 3.63) is 58.1 Å². The van der Waals surface area contributed by atoms with E-state index in [0.29, 0.717) is 18.7 Å². The minimum atomic E-state index is -0.445. The van der Waals surface area contributed by atoms with Gasteiger partial charge in [-0.15, -0.1) is 0 Å². The van der Waals surface area contributed by atoms with Crippen LogP contribution in [0.25, 0.3) is 0 Å². The van der Waals surface area contributed by atoms with Crippen LogP contribution in [0.4, 0.5) is 0 Å². The first-order chi connectivity index (χ1) is 11.6. The standard InChI is InChI=1S/C17H19N3O4/c1-24-14-5-4-10(9-19-14)15(11-7-12(21)8-11)20-17(23)13-3-2-6-18-16(13)22/h2-6,9,11-12,15,21H,7-8H2,1H3,(H,18,22)(H,20,23). The number of carbonyl (C=O) groups excluding carboxylic acids is 1. The lowest BCUT2D eigenvalue weighted by Crippen LogP contribution is -2.42. The Morgan fingerprint density at radius 2 is 2.21 bits per heavy atom. The first kappa shape index (κ1) is 16.2. The molecule has 1 atom stereocenters. The number of carbonyl (C=O) groups is 1. The van der Waals surface area contributed by atoms with Gasteiger partial charge in [0.1, 0.15) is 5.56 Å². The molecule has 3 rings (SSSR count). The number of H-pyrrole nitrogens is 1. The maximum absolute atomic E-state index is 12.5. The van der Waals surface area contributed by atoms with E-state index in [1.54, 1.807) is 18.3 Å². The number of aliphatic hydroxyl groups is 1. The molecule has 1 amide bonds. The van der Waals surface area contributed by atoms with Crippen molar-refractivity contribution < 1.29 is 14.6 Å². The van der Waals surface area contributed by atoms with Gasteiger partial charge < -0.3 is 20.1 Å². The summed E-state index contributed by atoms with van der Waals surface area (Å²) in [5.74, 6) is 0.137. The highest BCUT2D eigenvalue weighted by atomic mass is 16.5. The molecule has 126 valence electrons. The van der Waals surface area contributed by atoms with Crippen molar-refractivity contribution >= 4 is 5.91 Å². The summed E-state index contributed by atoms with van der Waals surface area (Å²) in [5.41, 5.74) is 0.438. The second kappa shape index (κ2) is 6.84. The van der Waals surface area contributed by atoms with E-state index in [-0.39, 0.29) is 23.6 Å². The predicted molar refractivity (Wildman–Crippen MR) is 86.8 cm³/mol. The Labute approximate surface area is 138 Å². The summed E-state index contributed by atoms with van der Waals surface area (Å²) in [6.45, 7) is 0. The Kier molecular flexibility index (Phi) is 4.61. The van der Waals surface area contributed by atoms with Gasteiger partial charge in [-0.3, -0.25) is 9.59 Å². The van der Waals surface area contributed by atoms with Crippen LogP contribution < -0.4 is 15.6 Å². The van der Waals surface area contributed by atoms with E-state index < -0.39 is 11.5 Å². The van der Waals surface area contributed by atoms with Crippen LogP contribution in [0.5, 0.6) is 5.88 Å². The normalized spacial score (nSPS) is 20.8. The molecule has 7 nitrogen and oxygen atoms in total. The number of nitrogens with one attached hydrogen (secondary N) is 2. The van der Waals surface area contributed by atoms with Crippen molar-refractivity contribution in [3.8, 4) is 5.88 Å². The van der Waals surface area contributed by atoms with E-state index in [4.69, 9.17) is 4.74 Å². The maximum Gasteiger partial charge on any atom is 0.260 e. The van der Waals surface area contributed by atoms with Crippen LogP contribution in [0.2, 0.25) is 0 Å². The fourth-order valence-electron chi connectivity index (χ4n) is 2.89. The lowest BCUT2D eigenvalue weighted by Gasteiger charge is -2.38. The second-order valence-corrected chi connectivity index (χ2v) is 5.88. The summed E-state index contributed by atoms with van der Waals surface area (Å²) < 4.78 is 5.05. The van der Waals surface area contributed by atoms with Gasteiger partial charge in [-0.05, 0) is 36.5 Å². The third-order valence-electron chi connectivity index (χ3n) is 4.30. The SMILES string of the molecule is COc1ccc(C(NC(=O)c2ccc[nH]c2=O)C2CC(O)C2)cn1. The number of methoxy groups -OCH3 is 1. The summed E-state index contributed by atoms with van der Waals surface area (Å²) in [4.78, 5) is 30.9. The monoisotopic (exact) mass is 329 g/mol. The van der Waals surface area contributed by atoms with Crippen molar-refractivity contribution in [2.45, 2.75) is 25.0 Å². The van der Waals surface area contributed by atoms with Crippen LogP contribution in [0, 0.1) is 5.92 Å². The average Bonchev–Trinajstić information content (AvgIpc) is 2.57. The van der Waals surface area contributed by atoms with Crippen LogP contribution >= 0.6 is 0 Å². The molecule has 0 aromatic carbocycles. The number of ether oxygens (including phenoxy) is 1. The second-order valence-electron chi connectivity index (χ2n) is 5.88.